The van der Waals surface area contributed by atoms with Crippen molar-refractivity contribution in [2.75, 3.05) is 0 Å². The molecule has 0 aliphatic carbocycles. The lowest BCUT2D eigenvalue weighted by Gasteiger charge is -1.99. The van der Waals surface area contributed by atoms with E-state index in [-0.39, 0.29) is 11.1 Å². The Morgan fingerprint density at radius 3 is 1.77 bits per heavy atom. The molecule has 0 aromatic carbocycles. The van der Waals surface area contributed by atoms with E-state index in [1.54, 1.807) is 0 Å². The van der Waals surface area contributed by atoms with E-state index < -0.39 is 11.7 Å². The van der Waals surface area contributed by atoms with Crippen LogP contribution in [0.2, 0.25) is 0 Å². The Bertz CT molecular complexity index is 222. The van der Waals surface area contributed by atoms with E-state index >= 15 is 0 Å². The maximum Gasteiger partial charge on any atom is 0.131 e. The molecular weight excluding hydrogens is 170 g/mol. The molecule has 0 heterocycles. The van der Waals surface area contributed by atoms with Gasteiger partial charge in [-0.05, 0) is 26.3 Å². The normalized spacial score (nSPS) is 12.7. The minimum atomic E-state index is -0.569. The SMILES string of the molecule is C=C(C)/C(F)=C(C)\C(F)=C/C.CC. The monoisotopic (exact) mass is 188 g/mol. The molecule has 0 bridgehead atoms. The molecule has 13 heavy (non-hydrogen) atoms. The van der Waals surface area contributed by atoms with Gasteiger partial charge in [0, 0.05) is 5.57 Å². The number of halogens is 2. The molecule has 0 saturated carbocycles. The topological polar surface area (TPSA) is 0 Å². The van der Waals surface area contributed by atoms with Gasteiger partial charge in [-0.1, -0.05) is 26.5 Å². The fourth-order valence-corrected chi connectivity index (χ4v) is 0.641. The minimum absolute atomic E-state index is 0.0139. The van der Waals surface area contributed by atoms with E-state index in [0.29, 0.717) is 0 Å². The summed E-state index contributed by atoms with van der Waals surface area (Å²) in [5.74, 6) is -1.11. The standard InChI is InChI=1S/C9H12F2.C2H6/c1-5-8(10)7(4)9(11)6(2)3;1-2/h5H,2H2,1,3-4H3;1-2H3/b8-5+,9-7+;. The summed E-state index contributed by atoms with van der Waals surface area (Å²) < 4.78 is 25.5. The van der Waals surface area contributed by atoms with Crippen molar-refractivity contribution < 1.29 is 8.78 Å². The van der Waals surface area contributed by atoms with Crippen molar-refractivity contribution in [1.82, 2.24) is 0 Å². The predicted molar refractivity (Wildman–Crippen MR) is 54.8 cm³/mol. The predicted octanol–water partition coefficient (Wildman–Crippen LogP) is 4.71. The molecule has 0 aliphatic rings. The molecular formula is C11H18F2. The van der Waals surface area contributed by atoms with E-state index in [2.05, 4.69) is 6.58 Å². The molecule has 0 rings (SSSR count). The fourth-order valence-electron chi connectivity index (χ4n) is 0.641. The maximum absolute atomic E-state index is 12.9. The Morgan fingerprint density at radius 1 is 1.15 bits per heavy atom. The van der Waals surface area contributed by atoms with Crippen LogP contribution in [0.15, 0.2) is 35.5 Å². The van der Waals surface area contributed by atoms with Crippen LogP contribution >= 0.6 is 0 Å². The Balaban J connectivity index is 0. The molecule has 0 saturated heterocycles. The van der Waals surface area contributed by atoms with Crippen LogP contribution in [-0.2, 0) is 0 Å². The van der Waals surface area contributed by atoms with Gasteiger partial charge < -0.3 is 0 Å². The molecule has 0 unspecified atom stereocenters. The first kappa shape index (κ1) is 14.6. The van der Waals surface area contributed by atoms with Gasteiger partial charge in [0.15, 0.2) is 0 Å². The highest BCUT2D eigenvalue weighted by Crippen LogP contribution is 2.20. The van der Waals surface area contributed by atoms with Crippen LogP contribution in [0.5, 0.6) is 0 Å². The van der Waals surface area contributed by atoms with Crippen LogP contribution in [-0.4, -0.2) is 0 Å². The summed E-state index contributed by atoms with van der Waals surface area (Å²) in [6, 6.07) is 0. The fraction of sp³-hybridized carbons (Fsp3) is 0.455. The van der Waals surface area contributed by atoms with Crippen LogP contribution in [0, 0.1) is 0 Å². The van der Waals surface area contributed by atoms with Gasteiger partial charge in [0.25, 0.3) is 0 Å². The summed E-state index contributed by atoms with van der Waals surface area (Å²) in [5, 5.41) is 0. The van der Waals surface area contributed by atoms with E-state index in [0.717, 1.165) is 0 Å². The van der Waals surface area contributed by atoms with Crippen LogP contribution in [0.4, 0.5) is 8.78 Å². The highest BCUT2D eigenvalue weighted by molar-refractivity contribution is 5.34. The molecule has 76 valence electrons. The van der Waals surface area contributed by atoms with Crippen LogP contribution in [0.25, 0.3) is 0 Å². The van der Waals surface area contributed by atoms with Gasteiger partial charge >= 0.3 is 0 Å². The molecule has 2 heteroatoms. The summed E-state index contributed by atoms with van der Waals surface area (Å²) in [6.07, 6.45) is 1.22. The largest absolute Gasteiger partial charge is 0.207 e. The zero-order valence-electron chi connectivity index (χ0n) is 9.04. The highest BCUT2D eigenvalue weighted by atomic mass is 19.1. The van der Waals surface area contributed by atoms with Gasteiger partial charge in [0.1, 0.15) is 11.7 Å². The van der Waals surface area contributed by atoms with Gasteiger partial charge in [-0.15, -0.1) is 0 Å². The summed E-state index contributed by atoms with van der Waals surface area (Å²) in [6.45, 7) is 11.8. The number of hydrogen-bond donors (Lipinski definition) is 0. The number of hydrogen-bond acceptors (Lipinski definition) is 0. The van der Waals surface area contributed by atoms with Gasteiger partial charge in [0.2, 0.25) is 0 Å². The number of allylic oxidation sites excluding steroid dienone is 5. The Labute approximate surface area is 79.7 Å². The Hall–Kier alpha value is -0.920. The zero-order valence-corrected chi connectivity index (χ0v) is 9.04. The first-order chi connectivity index (χ1) is 6.00. The molecule has 0 N–H and O–H groups in total. The van der Waals surface area contributed by atoms with Crippen LogP contribution in [0.1, 0.15) is 34.6 Å². The van der Waals surface area contributed by atoms with Crippen molar-refractivity contribution in [1.29, 1.82) is 0 Å². The van der Waals surface area contributed by atoms with Gasteiger partial charge in [0.05, 0.1) is 0 Å². The second-order valence-electron chi connectivity index (χ2n) is 2.36. The third-order valence-corrected chi connectivity index (χ3v) is 1.32. The third-order valence-electron chi connectivity index (χ3n) is 1.32. The van der Waals surface area contributed by atoms with Crippen molar-refractivity contribution in [2.45, 2.75) is 34.6 Å². The third kappa shape index (κ3) is 5.34. The minimum Gasteiger partial charge on any atom is -0.207 e. The second kappa shape index (κ2) is 7.71. The molecule has 0 radical (unpaired) electrons. The average molecular weight is 188 g/mol. The van der Waals surface area contributed by atoms with Crippen LogP contribution < -0.4 is 0 Å². The van der Waals surface area contributed by atoms with Gasteiger partial charge in [-0.25, -0.2) is 8.78 Å². The first-order valence-electron chi connectivity index (χ1n) is 4.35. The van der Waals surface area contributed by atoms with Crippen molar-refractivity contribution in [3.63, 3.8) is 0 Å². The maximum atomic E-state index is 12.9. The summed E-state index contributed by atoms with van der Waals surface area (Å²) in [4.78, 5) is 0. The van der Waals surface area contributed by atoms with Gasteiger partial charge in [-0.2, -0.15) is 0 Å². The van der Waals surface area contributed by atoms with E-state index in [1.807, 2.05) is 13.8 Å². The van der Waals surface area contributed by atoms with E-state index in [9.17, 15) is 8.78 Å². The average Bonchev–Trinajstić information content (AvgIpc) is 2.17. The lowest BCUT2D eigenvalue weighted by atomic mass is 10.1. The van der Waals surface area contributed by atoms with Crippen molar-refractivity contribution in [2.24, 2.45) is 0 Å². The Kier molecular flexibility index (Phi) is 8.66. The lowest BCUT2D eigenvalue weighted by Crippen LogP contribution is -1.84. The highest BCUT2D eigenvalue weighted by Gasteiger charge is 2.05. The molecule has 0 atom stereocenters. The smallest absolute Gasteiger partial charge is 0.131 e. The number of rotatable bonds is 2. The zero-order chi connectivity index (χ0) is 11.0. The molecule has 0 aliphatic heterocycles. The van der Waals surface area contributed by atoms with Gasteiger partial charge in [-0.3, -0.25) is 0 Å². The molecule has 0 fully saturated rings. The molecule has 0 aromatic rings. The molecule has 0 nitrogen and oxygen atoms in total. The second-order valence-corrected chi connectivity index (χ2v) is 2.36. The van der Waals surface area contributed by atoms with Crippen LogP contribution in [0.3, 0.4) is 0 Å². The summed E-state index contributed by atoms with van der Waals surface area (Å²) in [5.41, 5.74) is 0.263. The molecule has 0 aromatic heterocycles. The molecule has 0 spiro atoms. The van der Waals surface area contributed by atoms with Crippen molar-refractivity contribution in [3.8, 4) is 0 Å². The summed E-state index contributed by atoms with van der Waals surface area (Å²) >= 11 is 0. The van der Waals surface area contributed by atoms with E-state index in [4.69, 9.17) is 0 Å². The quantitative estimate of drug-likeness (QED) is 0.551. The Morgan fingerprint density at radius 2 is 1.54 bits per heavy atom. The lowest BCUT2D eigenvalue weighted by molar-refractivity contribution is 0.601. The van der Waals surface area contributed by atoms with E-state index in [1.165, 1.54) is 26.8 Å². The first-order valence-corrected chi connectivity index (χ1v) is 4.35. The molecule has 0 amide bonds. The van der Waals surface area contributed by atoms with Crippen molar-refractivity contribution >= 4 is 0 Å². The van der Waals surface area contributed by atoms with Crippen molar-refractivity contribution in [3.05, 3.63) is 35.5 Å². The summed E-state index contributed by atoms with van der Waals surface area (Å²) in [7, 11) is 0.